The highest BCUT2D eigenvalue weighted by Crippen LogP contribution is 2.19. The summed E-state index contributed by atoms with van der Waals surface area (Å²) in [7, 11) is -3.36. The van der Waals surface area contributed by atoms with Crippen molar-refractivity contribution in [2.24, 2.45) is 5.10 Å². The van der Waals surface area contributed by atoms with Crippen LogP contribution in [0, 0.1) is 0 Å². The van der Waals surface area contributed by atoms with Gasteiger partial charge in [0.05, 0.1) is 12.5 Å². The van der Waals surface area contributed by atoms with E-state index < -0.39 is 10.0 Å². The second kappa shape index (κ2) is 7.42. The highest BCUT2D eigenvalue weighted by Gasteiger charge is 2.02. The van der Waals surface area contributed by atoms with Gasteiger partial charge in [0.2, 0.25) is 10.0 Å². The fourth-order valence-electron chi connectivity index (χ4n) is 1.70. The van der Waals surface area contributed by atoms with E-state index >= 15 is 0 Å². The zero-order valence-corrected chi connectivity index (χ0v) is 14.3. The number of ether oxygens (including phenoxy) is 1. The van der Waals surface area contributed by atoms with Crippen LogP contribution in [0.4, 0.5) is 0 Å². The number of rotatable bonds is 6. The summed E-state index contributed by atoms with van der Waals surface area (Å²) >= 11 is 3.41. The number of hydrogen-bond donors (Lipinski definition) is 1. The Morgan fingerprint density at radius 3 is 2.73 bits per heavy atom. The first-order chi connectivity index (χ1) is 10.4. The average molecular weight is 383 g/mol. The fraction of sp³-hybridized carbons (Fsp3) is 0.133. The summed E-state index contributed by atoms with van der Waals surface area (Å²) in [6.07, 6.45) is 2.46. The first kappa shape index (κ1) is 16.5. The van der Waals surface area contributed by atoms with E-state index in [9.17, 15) is 8.42 Å². The minimum absolute atomic E-state index is 0.407. The van der Waals surface area contributed by atoms with Crippen LogP contribution in [0.3, 0.4) is 0 Å². The molecule has 0 bridgehead atoms. The number of para-hydroxylation sites is 1. The number of sulfonamides is 1. The van der Waals surface area contributed by atoms with Gasteiger partial charge in [-0.3, -0.25) is 0 Å². The zero-order valence-electron chi connectivity index (χ0n) is 11.9. The minimum atomic E-state index is -3.36. The predicted molar refractivity (Wildman–Crippen MR) is 90.5 cm³/mol. The molecule has 7 heteroatoms. The van der Waals surface area contributed by atoms with E-state index in [-0.39, 0.29) is 0 Å². The lowest BCUT2D eigenvalue weighted by molar-refractivity contribution is 0.305. The Morgan fingerprint density at radius 2 is 2.00 bits per heavy atom. The van der Waals surface area contributed by atoms with Crippen LogP contribution in [-0.4, -0.2) is 20.9 Å². The van der Waals surface area contributed by atoms with E-state index in [1.165, 1.54) is 6.21 Å². The van der Waals surface area contributed by atoms with Gasteiger partial charge in [0.1, 0.15) is 12.4 Å². The van der Waals surface area contributed by atoms with Crippen LogP contribution in [0.1, 0.15) is 11.1 Å². The molecule has 116 valence electrons. The SMILES string of the molecule is CS(=O)(=O)N/N=C/c1ccccc1OCc1cccc(Br)c1. The van der Waals surface area contributed by atoms with Gasteiger partial charge in [0.15, 0.2) is 0 Å². The molecule has 0 aliphatic carbocycles. The third kappa shape index (κ3) is 5.50. The van der Waals surface area contributed by atoms with Gasteiger partial charge in [-0.05, 0) is 29.8 Å². The highest BCUT2D eigenvalue weighted by molar-refractivity contribution is 9.10. The van der Waals surface area contributed by atoms with Crippen LogP contribution in [0.5, 0.6) is 5.75 Å². The molecule has 1 N–H and O–H groups in total. The van der Waals surface area contributed by atoms with Gasteiger partial charge in [0, 0.05) is 10.0 Å². The predicted octanol–water partition coefficient (Wildman–Crippen LogP) is 2.91. The summed E-state index contributed by atoms with van der Waals surface area (Å²) in [4.78, 5) is 2.06. The molecule has 2 aromatic rings. The lowest BCUT2D eigenvalue weighted by Crippen LogP contribution is -2.15. The molecule has 2 aromatic carbocycles. The highest BCUT2D eigenvalue weighted by atomic mass is 79.9. The van der Waals surface area contributed by atoms with Crippen molar-refractivity contribution in [2.75, 3.05) is 6.26 Å². The Balaban J connectivity index is 2.08. The molecule has 0 spiro atoms. The molecule has 22 heavy (non-hydrogen) atoms. The molecule has 0 fully saturated rings. The van der Waals surface area contributed by atoms with E-state index in [0.717, 1.165) is 16.3 Å². The number of hydrazone groups is 1. The molecule has 0 saturated heterocycles. The minimum Gasteiger partial charge on any atom is -0.488 e. The summed E-state index contributed by atoms with van der Waals surface area (Å²) in [5.41, 5.74) is 1.71. The van der Waals surface area contributed by atoms with Crippen molar-refractivity contribution in [3.63, 3.8) is 0 Å². The molecule has 0 amide bonds. The van der Waals surface area contributed by atoms with Gasteiger partial charge >= 0.3 is 0 Å². The van der Waals surface area contributed by atoms with E-state index in [1.54, 1.807) is 12.1 Å². The Labute approximate surface area is 138 Å². The summed E-state index contributed by atoms with van der Waals surface area (Å²) in [6, 6.07) is 15.1. The Morgan fingerprint density at radius 1 is 1.23 bits per heavy atom. The third-order valence-electron chi connectivity index (χ3n) is 2.62. The maximum Gasteiger partial charge on any atom is 0.244 e. The van der Waals surface area contributed by atoms with Crippen LogP contribution in [0.2, 0.25) is 0 Å². The van der Waals surface area contributed by atoms with Crippen molar-refractivity contribution in [1.29, 1.82) is 0 Å². The third-order valence-corrected chi connectivity index (χ3v) is 3.55. The van der Waals surface area contributed by atoms with Crippen molar-refractivity contribution in [1.82, 2.24) is 4.83 Å². The fourth-order valence-corrected chi connectivity index (χ4v) is 2.39. The van der Waals surface area contributed by atoms with Gasteiger partial charge in [-0.25, -0.2) is 13.2 Å². The Bertz CT molecular complexity index is 776. The number of nitrogens with one attached hydrogen (secondary N) is 1. The first-order valence-corrected chi connectivity index (χ1v) is 9.08. The molecular weight excluding hydrogens is 368 g/mol. The van der Waals surface area contributed by atoms with Crippen LogP contribution < -0.4 is 9.57 Å². The molecule has 0 aliphatic rings. The smallest absolute Gasteiger partial charge is 0.244 e. The molecule has 2 rings (SSSR count). The molecule has 0 saturated carbocycles. The van der Waals surface area contributed by atoms with Gasteiger partial charge < -0.3 is 4.74 Å². The lowest BCUT2D eigenvalue weighted by Gasteiger charge is -2.09. The first-order valence-electron chi connectivity index (χ1n) is 6.40. The van der Waals surface area contributed by atoms with E-state index in [1.807, 2.05) is 36.4 Å². The Hall–Kier alpha value is -1.86. The monoisotopic (exact) mass is 382 g/mol. The molecule has 0 aliphatic heterocycles. The topological polar surface area (TPSA) is 67.8 Å². The Kier molecular flexibility index (Phi) is 5.57. The van der Waals surface area contributed by atoms with Crippen LogP contribution in [0.15, 0.2) is 58.1 Å². The number of hydrogen-bond acceptors (Lipinski definition) is 4. The molecule has 0 aromatic heterocycles. The van der Waals surface area contributed by atoms with Crippen molar-refractivity contribution in [3.8, 4) is 5.75 Å². The normalized spacial score (nSPS) is 11.5. The second-order valence-electron chi connectivity index (χ2n) is 4.58. The van der Waals surface area contributed by atoms with Gasteiger partial charge in [0.25, 0.3) is 0 Å². The average Bonchev–Trinajstić information content (AvgIpc) is 2.45. The van der Waals surface area contributed by atoms with Gasteiger partial charge in [-0.2, -0.15) is 5.10 Å². The van der Waals surface area contributed by atoms with E-state index in [4.69, 9.17) is 4.74 Å². The molecule has 0 atom stereocenters. The van der Waals surface area contributed by atoms with Crippen LogP contribution >= 0.6 is 15.9 Å². The summed E-state index contributed by atoms with van der Waals surface area (Å²) in [6.45, 7) is 0.407. The van der Waals surface area contributed by atoms with Gasteiger partial charge in [-0.1, -0.05) is 40.2 Å². The molecule has 5 nitrogen and oxygen atoms in total. The van der Waals surface area contributed by atoms with Crippen molar-refractivity contribution >= 4 is 32.2 Å². The molecule has 0 radical (unpaired) electrons. The summed E-state index contributed by atoms with van der Waals surface area (Å²) in [5.74, 6) is 0.626. The summed E-state index contributed by atoms with van der Waals surface area (Å²) in [5, 5.41) is 3.69. The second-order valence-corrected chi connectivity index (χ2v) is 7.22. The number of halogens is 1. The molecule has 0 unspecified atom stereocenters. The lowest BCUT2D eigenvalue weighted by atomic mass is 10.2. The maximum absolute atomic E-state index is 11.0. The zero-order chi connectivity index (χ0) is 16.0. The van der Waals surface area contributed by atoms with Gasteiger partial charge in [-0.15, -0.1) is 0 Å². The van der Waals surface area contributed by atoms with E-state index in [0.29, 0.717) is 17.9 Å². The number of nitrogens with zero attached hydrogens (tertiary/aromatic N) is 1. The summed E-state index contributed by atoms with van der Waals surface area (Å²) < 4.78 is 28.7. The molecule has 0 heterocycles. The van der Waals surface area contributed by atoms with Crippen LogP contribution in [-0.2, 0) is 16.6 Å². The molecular formula is C15H15BrN2O3S. The quantitative estimate of drug-likeness (QED) is 0.616. The maximum atomic E-state index is 11.0. The van der Waals surface area contributed by atoms with Crippen LogP contribution in [0.25, 0.3) is 0 Å². The standard InChI is InChI=1S/C15H15BrN2O3S/c1-22(19,20)18-17-10-13-6-2-3-8-15(13)21-11-12-5-4-7-14(16)9-12/h2-10,18H,11H2,1H3/b17-10+. The van der Waals surface area contributed by atoms with Crippen molar-refractivity contribution in [3.05, 3.63) is 64.1 Å². The largest absolute Gasteiger partial charge is 0.488 e. The van der Waals surface area contributed by atoms with E-state index in [2.05, 4.69) is 25.9 Å². The van der Waals surface area contributed by atoms with Crippen molar-refractivity contribution < 1.29 is 13.2 Å². The van der Waals surface area contributed by atoms with Crippen molar-refractivity contribution in [2.45, 2.75) is 6.61 Å². The number of benzene rings is 2.